The second-order valence-electron chi connectivity index (χ2n) is 10.3. The molecule has 4 aliphatic carbocycles. The molecule has 0 amide bonds. The van der Waals surface area contributed by atoms with Gasteiger partial charge in [-0.05, 0) is 72.4 Å². The number of ether oxygens (including phenoxy) is 1. The van der Waals surface area contributed by atoms with Crippen LogP contribution in [0.25, 0.3) is 11.1 Å². The normalized spacial score (nSPS) is 24.2. The largest absolute Gasteiger partial charge is 0.489 e. The smallest absolute Gasteiger partial charge is 0.311 e. The number of sulfone groups is 1. The van der Waals surface area contributed by atoms with E-state index in [2.05, 4.69) is 10.3 Å². The number of pyridine rings is 1. The molecule has 7 rings (SSSR count). The van der Waals surface area contributed by atoms with Crippen LogP contribution in [0.3, 0.4) is 0 Å². The van der Waals surface area contributed by atoms with Crippen LogP contribution in [0.15, 0.2) is 48.5 Å². The number of hydrogen-bond acceptors (Lipinski definition) is 6. The highest BCUT2D eigenvalue weighted by Gasteiger charge is 2.95. The number of aliphatic carboxylic acids is 1. The van der Waals surface area contributed by atoms with Gasteiger partial charge in [0.05, 0.1) is 11.2 Å². The van der Waals surface area contributed by atoms with Crippen molar-refractivity contribution in [3.63, 3.8) is 0 Å². The number of carbonyl (C=O) groups is 1. The molecular weight excluding hydrogens is 495 g/mol. The Morgan fingerprint density at radius 3 is 2.62 bits per heavy atom. The molecule has 37 heavy (non-hydrogen) atoms. The van der Waals surface area contributed by atoms with E-state index in [0.717, 1.165) is 27.9 Å². The minimum absolute atomic E-state index is 0.0481. The number of nitrogens with zero attached hydrogens (tertiary/aromatic N) is 1. The van der Waals surface area contributed by atoms with Crippen LogP contribution < -0.4 is 10.1 Å². The summed E-state index contributed by atoms with van der Waals surface area (Å²) in [5, 5.41) is 12.7. The lowest BCUT2D eigenvalue weighted by atomic mass is 10.0. The number of halogens is 1. The van der Waals surface area contributed by atoms with Crippen molar-refractivity contribution in [3.05, 3.63) is 76.7 Å². The summed E-state index contributed by atoms with van der Waals surface area (Å²) >= 11 is 0. The van der Waals surface area contributed by atoms with Crippen molar-refractivity contribution in [1.82, 2.24) is 4.98 Å². The Balaban J connectivity index is 1.12. The highest BCUT2D eigenvalue weighted by Crippen LogP contribution is 2.96. The van der Waals surface area contributed by atoms with Crippen molar-refractivity contribution in [3.8, 4) is 16.9 Å². The summed E-state index contributed by atoms with van der Waals surface area (Å²) in [5.74, 6) is 0.812. The fraction of sp³-hybridized carbons (Fsp3) is 0.357. The summed E-state index contributed by atoms with van der Waals surface area (Å²) in [5.41, 5.74) is 4.48. The molecule has 2 N–H and O–H groups in total. The molecule has 1 unspecified atom stereocenters. The summed E-state index contributed by atoms with van der Waals surface area (Å²) in [6.45, 7) is 2.42. The van der Waals surface area contributed by atoms with E-state index in [-0.39, 0.29) is 35.9 Å². The Labute approximate surface area is 214 Å². The van der Waals surface area contributed by atoms with Crippen LogP contribution in [0.4, 0.5) is 10.2 Å². The first-order chi connectivity index (χ1) is 17.6. The lowest BCUT2D eigenvalue weighted by Gasteiger charge is -2.13. The monoisotopic (exact) mass is 522 g/mol. The second-order valence-corrected chi connectivity index (χ2v) is 12.6. The lowest BCUT2D eigenvalue weighted by molar-refractivity contribution is -0.141. The van der Waals surface area contributed by atoms with Gasteiger partial charge in [-0.1, -0.05) is 12.1 Å². The topological polar surface area (TPSA) is 106 Å². The summed E-state index contributed by atoms with van der Waals surface area (Å²) in [6, 6.07) is 14.3. The van der Waals surface area contributed by atoms with Crippen LogP contribution in [0.1, 0.15) is 40.6 Å². The van der Waals surface area contributed by atoms with E-state index in [4.69, 9.17) is 4.74 Å². The molecule has 7 nitrogen and oxygen atoms in total. The van der Waals surface area contributed by atoms with Crippen LogP contribution in [-0.2, 0) is 21.2 Å². The van der Waals surface area contributed by atoms with Crippen molar-refractivity contribution < 1.29 is 27.4 Å². The molecule has 192 valence electrons. The van der Waals surface area contributed by atoms with E-state index in [0.29, 0.717) is 30.1 Å². The fourth-order valence-electron chi connectivity index (χ4n) is 6.17. The summed E-state index contributed by atoms with van der Waals surface area (Å²) in [7, 11) is -2.99. The van der Waals surface area contributed by atoms with Gasteiger partial charge in [-0.3, -0.25) is 4.79 Å². The molecule has 9 heteroatoms. The summed E-state index contributed by atoms with van der Waals surface area (Å²) < 4.78 is 43.1. The quantitative estimate of drug-likeness (QED) is 0.377. The number of anilines is 1. The van der Waals surface area contributed by atoms with Gasteiger partial charge in [0.15, 0.2) is 0 Å². The van der Waals surface area contributed by atoms with E-state index in [1.807, 2.05) is 37.3 Å². The summed E-state index contributed by atoms with van der Waals surface area (Å²) in [6.07, 6.45) is 1.71. The predicted octanol–water partition coefficient (Wildman–Crippen LogP) is 4.52. The van der Waals surface area contributed by atoms with Gasteiger partial charge in [0, 0.05) is 41.5 Å². The van der Waals surface area contributed by atoms with Crippen LogP contribution in [-0.4, -0.2) is 43.0 Å². The third-order valence-electron chi connectivity index (χ3n) is 8.01. The Kier molecular flexibility index (Phi) is 5.35. The average molecular weight is 523 g/mol. The molecule has 0 aliphatic heterocycles. The Hall–Kier alpha value is -3.46. The minimum Gasteiger partial charge on any atom is -0.489 e. The number of benzene rings is 2. The number of carboxylic acids is 1. The molecule has 0 radical (unpaired) electrons. The number of aromatic nitrogens is 1. The molecule has 2 aromatic carbocycles. The molecule has 4 aliphatic rings. The third kappa shape index (κ3) is 3.87. The maximum Gasteiger partial charge on any atom is 0.311 e. The molecule has 0 spiro atoms. The number of aryl methyl sites for hydroxylation is 1. The van der Waals surface area contributed by atoms with Gasteiger partial charge in [0.1, 0.15) is 33.8 Å². The van der Waals surface area contributed by atoms with Gasteiger partial charge in [0.2, 0.25) is 0 Å². The standard InChI is InChI=1S/C28H27FN2O5S/c1-15-19(7-9-23(31-15)30-10-3-11-37(2,34)35)16-4-8-22(29)17(12-16)14-36-18-5-6-20-21(13-18)25-26-24(20)28(25,26)27(32)33/h4-9,12-13,24-26H,3,10-11,14H2,1-2H3,(H,30,31)(H,32,33)/t24-,25?,26-,28+/m0/s1. The van der Waals surface area contributed by atoms with E-state index in [1.165, 1.54) is 12.3 Å². The molecule has 4 atom stereocenters. The zero-order chi connectivity index (χ0) is 26.1. The highest BCUT2D eigenvalue weighted by molar-refractivity contribution is 7.90. The number of carboxylic acid groups (broad SMARTS) is 1. The van der Waals surface area contributed by atoms with Crippen molar-refractivity contribution in [2.75, 3.05) is 23.9 Å². The van der Waals surface area contributed by atoms with E-state index >= 15 is 0 Å². The molecule has 0 saturated heterocycles. The first-order valence-electron chi connectivity index (χ1n) is 12.3. The van der Waals surface area contributed by atoms with Gasteiger partial charge in [0.25, 0.3) is 0 Å². The van der Waals surface area contributed by atoms with E-state index in [9.17, 15) is 22.7 Å². The molecule has 3 aromatic rings. The Morgan fingerprint density at radius 2 is 1.92 bits per heavy atom. The van der Waals surface area contributed by atoms with Gasteiger partial charge < -0.3 is 15.2 Å². The molecular formula is C28H27FN2O5S. The van der Waals surface area contributed by atoms with E-state index < -0.39 is 21.2 Å². The minimum atomic E-state index is -2.99. The number of hydrogen-bond donors (Lipinski definition) is 2. The van der Waals surface area contributed by atoms with Crippen molar-refractivity contribution in [2.24, 2.45) is 11.3 Å². The van der Waals surface area contributed by atoms with Gasteiger partial charge >= 0.3 is 5.97 Å². The molecule has 1 aromatic heterocycles. The molecule has 2 saturated carbocycles. The molecule has 2 bridgehead atoms. The first kappa shape index (κ1) is 23.9. The second kappa shape index (κ2) is 8.28. The van der Waals surface area contributed by atoms with Crippen molar-refractivity contribution >= 4 is 21.6 Å². The maximum atomic E-state index is 14.6. The SMILES string of the molecule is Cc1nc(NCCCS(C)(=O)=O)ccc1-c1ccc(F)c(COc2ccc3c(c2)C2[C@@H]4[C@H]3[C@@]24C(=O)O)c1. The van der Waals surface area contributed by atoms with Crippen LogP contribution in [0, 0.1) is 24.1 Å². The van der Waals surface area contributed by atoms with Crippen LogP contribution in [0.2, 0.25) is 0 Å². The molecule has 2 fully saturated rings. The predicted molar refractivity (Wildman–Crippen MR) is 137 cm³/mol. The van der Waals surface area contributed by atoms with Crippen molar-refractivity contribution in [2.45, 2.75) is 31.8 Å². The van der Waals surface area contributed by atoms with Gasteiger partial charge in [-0.2, -0.15) is 0 Å². The van der Waals surface area contributed by atoms with Gasteiger partial charge in [-0.25, -0.2) is 17.8 Å². The first-order valence-corrected chi connectivity index (χ1v) is 14.4. The van der Waals surface area contributed by atoms with Gasteiger partial charge in [-0.15, -0.1) is 0 Å². The number of nitrogens with one attached hydrogen (secondary N) is 1. The third-order valence-corrected chi connectivity index (χ3v) is 9.04. The zero-order valence-corrected chi connectivity index (χ0v) is 21.3. The Morgan fingerprint density at radius 1 is 1.14 bits per heavy atom. The van der Waals surface area contributed by atoms with Crippen molar-refractivity contribution in [1.29, 1.82) is 0 Å². The Bertz CT molecular complexity index is 1560. The molecule has 1 heterocycles. The zero-order valence-electron chi connectivity index (χ0n) is 20.5. The van der Waals surface area contributed by atoms with E-state index in [1.54, 1.807) is 12.1 Å². The highest BCUT2D eigenvalue weighted by atomic mass is 32.2. The maximum absolute atomic E-state index is 14.6. The average Bonchev–Trinajstić information content (AvgIpc) is 3.64. The van der Waals surface area contributed by atoms with Crippen LogP contribution >= 0.6 is 0 Å². The fourth-order valence-corrected chi connectivity index (χ4v) is 6.84. The van der Waals surface area contributed by atoms with Crippen LogP contribution in [0.5, 0.6) is 5.75 Å². The number of rotatable bonds is 10. The lowest BCUT2D eigenvalue weighted by Crippen LogP contribution is -2.10. The summed E-state index contributed by atoms with van der Waals surface area (Å²) in [4.78, 5) is 16.2.